The first kappa shape index (κ1) is 14.5. The van der Waals surface area contributed by atoms with Gasteiger partial charge in [0.2, 0.25) is 0 Å². The number of hydrogen-bond donors (Lipinski definition) is 1. The molecular weight excluding hydrogens is 256 g/mol. The van der Waals surface area contributed by atoms with E-state index in [0.29, 0.717) is 10.8 Å². The predicted molar refractivity (Wildman–Crippen MR) is 87.0 cm³/mol. The van der Waals surface area contributed by atoms with Crippen LogP contribution >= 0.6 is 0 Å². The Balaban J connectivity index is 1.62. The lowest BCUT2D eigenvalue weighted by Crippen LogP contribution is -2.54. The molecule has 4 aliphatic rings. The maximum absolute atomic E-state index is 10.5. The van der Waals surface area contributed by atoms with E-state index in [-0.39, 0.29) is 5.60 Å². The highest BCUT2D eigenvalue weighted by atomic mass is 16.3. The third-order valence-electron chi connectivity index (χ3n) is 8.73. The molecule has 0 aliphatic heterocycles. The van der Waals surface area contributed by atoms with Crippen molar-refractivity contribution in [1.29, 1.82) is 0 Å². The topological polar surface area (TPSA) is 20.2 Å². The molecule has 0 aromatic carbocycles. The van der Waals surface area contributed by atoms with Crippen LogP contribution in [0.2, 0.25) is 0 Å². The van der Waals surface area contributed by atoms with E-state index in [4.69, 9.17) is 0 Å². The smallest absolute Gasteiger partial charge is 0.0622 e. The molecule has 1 heteroatoms. The summed E-state index contributed by atoms with van der Waals surface area (Å²) in [7, 11) is 0. The van der Waals surface area contributed by atoms with Crippen LogP contribution in [0.1, 0.15) is 85.0 Å². The van der Waals surface area contributed by atoms with Gasteiger partial charge in [-0.3, -0.25) is 0 Å². The first-order valence-electron chi connectivity index (χ1n) is 9.57. The zero-order valence-corrected chi connectivity index (χ0v) is 14.3. The molecule has 120 valence electrons. The van der Waals surface area contributed by atoms with Gasteiger partial charge in [0.15, 0.2) is 0 Å². The van der Waals surface area contributed by atoms with Crippen LogP contribution in [0.5, 0.6) is 0 Å². The number of rotatable bonds is 0. The summed E-state index contributed by atoms with van der Waals surface area (Å²) in [5.74, 6) is 3.78. The summed E-state index contributed by atoms with van der Waals surface area (Å²) < 4.78 is 0. The maximum atomic E-state index is 10.5. The SMILES string of the molecule is CC1(O)CC[C@@]2(C)C(CC[C@@H]3[C@H]2CC[C@]2(C)CCC[C@@H]32)C1. The van der Waals surface area contributed by atoms with Crippen molar-refractivity contribution in [2.75, 3.05) is 0 Å². The fourth-order valence-electron chi connectivity index (χ4n) is 7.42. The molecule has 0 spiro atoms. The molecule has 4 fully saturated rings. The zero-order chi connectivity index (χ0) is 14.9. The van der Waals surface area contributed by atoms with E-state index in [1.807, 2.05) is 0 Å². The van der Waals surface area contributed by atoms with Gasteiger partial charge in [-0.05, 0) is 99.2 Å². The molecule has 7 atom stereocenters. The van der Waals surface area contributed by atoms with Crippen LogP contribution < -0.4 is 0 Å². The molecule has 4 rings (SSSR count). The summed E-state index contributed by atoms with van der Waals surface area (Å²) in [5, 5.41) is 10.5. The Kier molecular flexibility index (Phi) is 3.11. The van der Waals surface area contributed by atoms with Crippen LogP contribution in [-0.4, -0.2) is 10.7 Å². The van der Waals surface area contributed by atoms with Gasteiger partial charge < -0.3 is 5.11 Å². The fraction of sp³-hybridized carbons (Fsp3) is 1.00. The minimum absolute atomic E-state index is 0.381. The Morgan fingerprint density at radius 3 is 2.43 bits per heavy atom. The lowest BCUT2D eigenvalue weighted by Gasteiger charge is -2.61. The van der Waals surface area contributed by atoms with Gasteiger partial charge in [-0.1, -0.05) is 20.3 Å². The van der Waals surface area contributed by atoms with Crippen molar-refractivity contribution in [3.8, 4) is 0 Å². The molecule has 0 aromatic rings. The summed E-state index contributed by atoms with van der Waals surface area (Å²) in [6.07, 6.45) is 13.7. The van der Waals surface area contributed by atoms with E-state index in [9.17, 15) is 5.11 Å². The fourth-order valence-corrected chi connectivity index (χ4v) is 7.42. The third kappa shape index (κ3) is 2.06. The van der Waals surface area contributed by atoms with Crippen molar-refractivity contribution in [2.45, 2.75) is 90.6 Å². The largest absolute Gasteiger partial charge is 0.390 e. The second-order valence-electron chi connectivity index (χ2n) is 9.94. The molecule has 1 N–H and O–H groups in total. The summed E-state index contributed by atoms with van der Waals surface area (Å²) in [6.45, 7) is 7.27. The predicted octanol–water partition coefficient (Wildman–Crippen LogP) is 5.17. The van der Waals surface area contributed by atoms with Crippen molar-refractivity contribution in [3.05, 3.63) is 0 Å². The molecule has 0 aromatic heterocycles. The molecule has 1 nitrogen and oxygen atoms in total. The van der Waals surface area contributed by atoms with Gasteiger partial charge >= 0.3 is 0 Å². The summed E-state index contributed by atoms with van der Waals surface area (Å²) in [5.41, 5.74) is 0.840. The van der Waals surface area contributed by atoms with Gasteiger partial charge in [0.25, 0.3) is 0 Å². The second-order valence-corrected chi connectivity index (χ2v) is 9.94. The minimum atomic E-state index is -0.381. The van der Waals surface area contributed by atoms with Crippen LogP contribution in [0, 0.1) is 34.5 Å². The van der Waals surface area contributed by atoms with Crippen LogP contribution in [0.25, 0.3) is 0 Å². The average molecular weight is 290 g/mol. The van der Waals surface area contributed by atoms with E-state index in [2.05, 4.69) is 20.8 Å². The lowest BCUT2D eigenvalue weighted by atomic mass is 9.44. The van der Waals surface area contributed by atoms with Crippen molar-refractivity contribution < 1.29 is 5.11 Å². The van der Waals surface area contributed by atoms with Crippen molar-refractivity contribution in [1.82, 2.24) is 0 Å². The molecule has 0 heterocycles. The van der Waals surface area contributed by atoms with Crippen molar-refractivity contribution >= 4 is 0 Å². The average Bonchev–Trinajstić information content (AvgIpc) is 2.81. The molecular formula is C20H34O. The summed E-state index contributed by atoms with van der Waals surface area (Å²) >= 11 is 0. The van der Waals surface area contributed by atoms with Crippen LogP contribution in [0.15, 0.2) is 0 Å². The van der Waals surface area contributed by atoms with Crippen molar-refractivity contribution in [3.63, 3.8) is 0 Å². The summed E-state index contributed by atoms with van der Waals surface area (Å²) in [4.78, 5) is 0. The number of hydrogen-bond acceptors (Lipinski definition) is 1. The van der Waals surface area contributed by atoms with Crippen molar-refractivity contribution in [2.24, 2.45) is 34.5 Å². The van der Waals surface area contributed by atoms with E-state index in [1.54, 1.807) is 0 Å². The Labute approximate surface area is 130 Å². The molecule has 2 unspecified atom stereocenters. The second kappa shape index (κ2) is 4.49. The highest BCUT2D eigenvalue weighted by Crippen LogP contribution is 2.66. The monoisotopic (exact) mass is 290 g/mol. The molecule has 4 aliphatic carbocycles. The first-order valence-corrected chi connectivity index (χ1v) is 9.57. The quantitative estimate of drug-likeness (QED) is 0.652. The number of aliphatic hydroxyl groups is 1. The normalized spacial score (nSPS) is 60.0. The minimum Gasteiger partial charge on any atom is -0.390 e. The highest BCUT2D eigenvalue weighted by molar-refractivity contribution is 5.08. The molecule has 0 bridgehead atoms. The van der Waals surface area contributed by atoms with Crippen LogP contribution in [0.4, 0.5) is 0 Å². The lowest BCUT2D eigenvalue weighted by molar-refractivity contribution is -0.142. The third-order valence-corrected chi connectivity index (χ3v) is 8.73. The van der Waals surface area contributed by atoms with Gasteiger partial charge in [-0.15, -0.1) is 0 Å². The van der Waals surface area contributed by atoms with E-state index >= 15 is 0 Å². The molecule has 21 heavy (non-hydrogen) atoms. The number of fused-ring (bicyclic) bond motifs is 5. The van der Waals surface area contributed by atoms with Gasteiger partial charge in [-0.2, -0.15) is 0 Å². The Morgan fingerprint density at radius 1 is 0.810 bits per heavy atom. The van der Waals surface area contributed by atoms with Crippen LogP contribution in [0.3, 0.4) is 0 Å². The van der Waals surface area contributed by atoms with E-state index in [0.717, 1.165) is 36.5 Å². The van der Waals surface area contributed by atoms with Crippen LogP contribution in [-0.2, 0) is 0 Å². The Hall–Kier alpha value is -0.0400. The van der Waals surface area contributed by atoms with Gasteiger partial charge in [0, 0.05) is 0 Å². The van der Waals surface area contributed by atoms with Gasteiger partial charge in [-0.25, -0.2) is 0 Å². The molecule has 0 amide bonds. The van der Waals surface area contributed by atoms with Gasteiger partial charge in [0.1, 0.15) is 0 Å². The maximum Gasteiger partial charge on any atom is 0.0622 e. The van der Waals surface area contributed by atoms with Gasteiger partial charge in [0.05, 0.1) is 5.60 Å². The molecule has 0 radical (unpaired) electrons. The standard InChI is InChI=1S/C20H34O/c1-18-9-4-5-16(18)15-7-6-14-13-19(2,21)11-12-20(14,3)17(15)8-10-18/h14-17,21H,4-13H2,1-3H3/t14?,15-,16-,17+,18-,19?,20-/m0/s1. The van der Waals surface area contributed by atoms with E-state index < -0.39 is 0 Å². The zero-order valence-electron chi connectivity index (χ0n) is 14.3. The first-order chi connectivity index (χ1) is 9.84. The Morgan fingerprint density at radius 2 is 1.62 bits per heavy atom. The molecule has 4 saturated carbocycles. The Bertz CT molecular complexity index is 428. The molecule has 0 saturated heterocycles. The van der Waals surface area contributed by atoms with E-state index in [1.165, 1.54) is 51.4 Å². The summed E-state index contributed by atoms with van der Waals surface area (Å²) in [6, 6.07) is 0. The highest BCUT2D eigenvalue weighted by Gasteiger charge is 2.58.